The Morgan fingerprint density at radius 3 is 2.29 bits per heavy atom. The number of halogens is 1. The number of amides is 2. The van der Waals surface area contributed by atoms with E-state index in [0.29, 0.717) is 11.5 Å². The standard InChI is InChI=1S/C18H27N3O2.ClH/c1-5-18(3,4)21-17(23)13-6-8-15(9-7-13)20-16(22)12(2)14-10-19-11-14;/h6-9,12,14,19H,5,10-11H2,1-4H3,(H,20,22)(H,21,23);1H. The molecule has 1 aromatic rings. The Balaban J connectivity index is 0.00000288. The van der Waals surface area contributed by atoms with Crippen molar-refractivity contribution in [2.24, 2.45) is 11.8 Å². The molecule has 6 heteroatoms. The molecular weight excluding hydrogens is 326 g/mol. The SMILES string of the molecule is CCC(C)(C)NC(=O)c1ccc(NC(=O)C(C)C2CNC2)cc1.Cl. The lowest BCUT2D eigenvalue weighted by Crippen LogP contribution is -2.48. The molecule has 134 valence electrons. The first-order chi connectivity index (χ1) is 10.8. The number of carbonyl (C=O) groups is 2. The Hall–Kier alpha value is -1.59. The minimum atomic E-state index is -0.226. The van der Waals surface area contributed by atoms with Crippen molar-refractivity contribution >= 4 is 29.9 Å². The molecule has 1 aliphatic heterocycles. The molecule has 2 rings (SSSR count). The monoisotopic (exact) mass is 353 g/mol. The predicted octanol–water partition coefficient (Wildman–Crippen LogP) is 2.82. The van der Waals surface area contributed by atoms with Gasteiger partial charge in [0.25, 0.3) is 5.91 Å². The van der Waals surface area contributed by atoms with Crippen LogP contribution in [0.15, 0.2) is 24.3 Å². The Morgan fingerprint density at radius 1 is 1.25 bits per heavy atom. The number of nitrogens with one attached hydrogen (secondary N) is 3. The summed E-state index contributed by atoms with van der Waals surface area (Å²) < 4.78 is 0. The summed E-state index contributed by atoms with van der Waals surface area (Å²) in [7, 11) is 0. The summed E-state index contributed by atoms with van der Waals surface area (Å²) in [6.45, 7) is 9.79. The zero-order valence-electron chi connectivity index (χ0n) is 14.8. The van der Waals surface area contributed by atoms with Crippen LogP contribution in [0.25, 0.3) is 0 Å². The maximum absolute atomic E-state index is 12.2. The summed E-state index contributed by atoms with van der Waals surface area (Å²) in [6.07, 6.45) is 0.862. The molecule has 5 nitrogen and oxygen atoms in total. The number of hydrogen-bond acceptors (Lipinski definition) is 3. The minimum absolute atomic E-state index is 0. The number of anilines is 1. The van der Waals surface area contributed by atoms with E-state index in [9.17, 15) is 9.59 Å². The number of benzene rings is 1. The smallest absolute Gasteiger partial charge is 0.251 e. The van der Waals surface area contributed by atoms with E-state index in [4.69, 9.17) is 0 Å². The average Bonchev–Trinajstić information content (AvgIpc) is 2.45. The normalized spacial score (nSPS) is 15.7. The summed E-state index contributed by atoms with van der Waals surface area (Å²) in [4.78, 5) is 24.4. The second-order valence-electron chi connectivity index (χ2n) is 6.97. The van der Waals surface area contributed by atoms with Crippen molar-refractivity contribution in [3.63, 3.8) is 0 Å². The Bertz CT molecular complexity index is 568. The van der Waals surface area contributed by atoms with Crippen molar-refractivity contribution in [1.82, 2.24) is 10.6 Å². The fourth-order valence-corrected chi connectivity index (χ4v) is 2.31. The Kier molecular flexibility index (Phi) is 7.24. The second-order valence-corrected chi connectivity index (χ2v) is 6.97. The highest BCUT2D eigenvalue weighted by molar-refractivity contribution is 5.96. The van der Waals surface area contributed by atoms with Gasteiger partial charge in [-0.05, 0) is 63.5 Å². The molecule has 1 aliphatic rings. The highest BCUT2D eigenvalue weighted by atomic mass is 35.5. The van der Waals surface area contributed by atoms with E-state index in [0.717, 1.165) is 25.2 Å². The van der Waals surface area contributed by atoms with E-state index >= 15 is 0 Å². The van der Waals surface area contributed by atoms with Crippen LogP contribution in [0.2, 0.25) is 0 Å². The highest BCUT2D eigenvalue weighted by Crippen LogP contribution is 2.19. The summed E-state index contributed by atoms with van der Waals surface area (Å²) in [5, 5.41) is 9.10. The first-order valence-electron chi connectivity index (χ1n) is 8.26. The predicted molar refractivity (Wildman–Crippen MR) is 99.7 cm³/mol. The van der Waals surface area contributed by atoms with Crippen molar-refractivity contribution in [1.29, 1.82) is 0 Å². The van der Waals surface area contributed by atoms with E-state index in [1.165, 1.54) is 0 Å². The van der Waals surface area contributed by atoms with Crippen LogP contribution in [0, 0.1) is 11.8 Å². The molecule has 1 saturated heterocycles. The topological polar surface area (TPSA) is 70.2 Å². The van der Waals surface area contributed by atoms with E-state index < -0.39 is 0 Å². The molecule has 2 amide bonds. The van der Waals surface area contributed by atoms with Crippen molar-refractivity contribution in [2.45, 2.75) is 39.7 Å². The van der Waals surface area contributed by atoms with Crippen LogP contribution < -0.4 is 16.0 Å². The fourth-order valence-electron chi connectivity index (χ4n) is 2.31. The van der Waals surface area contributed by atoms with Gasteiger partial charge in [-0.1, -0.05) is 13.8 Å². The van der Waals surface area contributed by atoms with Gasteiger partial charge in [0.05, 0.1) is 0 Å². The van der Waals surface area contributed by atoms with Crippen LogP contribution in [-0.2, 0) is 4.79 Å². The molecule has 0 spiro atoms. The molecule has 1 atom stereocenters. The van der Waals surface area contributed by atoms with Gasteiger partial charge >= 0.3 is 0 Å². The lowest BCUT2D eigenvalue weighted by Gasteiger charge is -2.31. The third kappa shape index (κ3) is 5.21. The largest absolute Gasteiger partial charge is 0.347 e. The van der Waals surface area contributed by atoms with Gasteiger partial charge in [-0.2, -0.15) is 0 Å². The van der Waals surface area contributed by atoms with Gasteiger partial charge in [0.15, 0.2) is 0 Å². The quantitative estimate of drug-likeness (QED) is 0.736. The van der Waals surface area contributed by atoms with Crippen LogP contribution in [-0.4, -0.2) is 30.4 Å². The summed E-state index contributed by atoms with van der Waals surface area (Å²) in [5.41, 5.74) is 1.09. The van der Waals surface area contributed by atoms with Crippen molar-refractivity contribution in [2.75, 3.05) is 18.4 Å². The molecule has 1 heterocycles. The van der Waals surface area contributed by atoms with Gasteiger partial charge in [0.2, 0.25) is 5.91 Å². The van der Waals surface area contributed by atoms with E-state index in [-0.39, 0.29) is 35.7 Å². The van der Waals surface area contributed by atoms with Gasteiger partial charge in [-0.3, -0.25) is 9.59 Å². The van der Waals surface area contributed by atoms with E-state index in [2.05, 4.69) is 16.0 Å². The minimum Gasteiger partial charge on any atom is -0.347 e. The third-order valence-electron chi connectivity index (χ3n) is 4.68. The summed E-state index contributed by atoms with van der Waals surface area (Å²) in [6, 6.07) is 7.04. The average molecular weight is 354 g/mol. The summed E-state index contributed by atoms with van der Waals surface area (Å²) in [5.74, 6) is 0.338. The number of carbonyl (C=O) groups excluding carboxylic acids is 2. The zero-order chi connectivity index (χ0) is 17.0. The molecular formula is C18H28ClN3O2. The third-order valence-corrected chi connectivity index (χ3v) is 4.68. The second kappa shape index (κ2) is 8.49. The molecule has 0 bridgehead atoms. The lowest BCUT2D eigenvalue weighted by molar-refractivity contribution is -0.121. The molecule has 0 aliphatic carbocycles. The van der Waals surface area contributed by atoms with Crippen LogP contribution in [0.4, 0.5) is 5.69 Å². The Morgan fingerprint density at radius 2 is 1.83 bits per heavy atom. The maximum Gasteiger partial charge on any atom is 0.251 e. The van der Waals surface area contributed by atoms with Crippen LogP contribution in [0.5, 0.6) is 0 Å². The number of rotatable bonds is 6. The first-order valence-corrected chi connectivity index (χ1v) is 8.26. The zero-order valence-corrected chi connectivity index (χ0v) is 15.6. The van der Waals surface area contributed by atoms with Crippen LogP contribution >= 0.6 is 12.4 Å². The van der Waals surface area contributed by atoms with Crippen molar-refractivity contribution in [3.8, 4) is 0 Å². The van der Waals surface area contributed by atoms with Gasteiger partial charge in [-0.15, -0.1) is 12.4 Å². The van der Waals surface area contributed by atoms with Gasteiger partial charge in [0, 0.05) is 22.7 Å². The molecule has 1 fully saturated rings. The lowest BCUT2D eigenvalue weighted by atomic mass is 9.88. The molecule has 1 unspecified atom stereocenters. The summed E-state index contributed by atoms with van der Waals surface area (Å²) >= 11 is 0. The number of hydrogen-bond donors (Lipinski definition) is 3. The van der Waals surface area contributed by atoms with E-state index in [1.807, 2.05) is 27.7 Å². The van der Waals surface area contributed by atoms with Crippen molar-refractivity contribution in [3.05, 3.63) is 29.8 Å². The van der Waals surface area contributed by atoms with Gasteiger partial charge in [-0.25, -0.2) is 0 Å². The van der Waals surface area contributed by atoms with Gasteiger partial charge in [0.1, 0.15) is 0 Å². The maximum atomic E-state index is 12.2. The molecule has 0 radical (unpaired) electrons. The molecule has 1 aromatic carbocycles. The molecule has 0 aromatic heterocycles. The van der Waals surface area contributed by atoms with Crippen LogP contribution in [0.1, 0.15) is 44.5 Å². The molecule has 3 N–H and O–H groups in total. The van der Waals surface area contributed by atoms with Crippen LogP contribution in [0.3, 0.4) is 0 Å². The van der Waals surface area contributed by atoms with Gasteiger partial charge < -0.3 is 16.0 Å². The molecule has 24 heavy (non-hydrogen) atoms. The van der Waals surface area contributed by atoms with Crippen molar-refractivity contribution < 1.29 is 9.59 Å². The molecule has 0 saturated carbocycles. The highest BCUT2D eigenvalue weighted by Gasteiger charge is 2.28. The first kappa shape index (κ1) is 20.5. The Labute approximate surface area is 150 Å². The fraction of sp³-hybridized carbons (Fsp3) is 0.556. The van der Waals surface area contributed by atoms with E-state index in [1.54, 1.807) is 24.3 Å².